The molecule has 0 aromatic heterocycles. The van der Waals surface area contributed by atoms with E-state index in [9.17, 15) is 0 Å². The summed E-state index contributed by atoms with van der Waals surface area (Å²) in [4.78, 5) is 0. The van der Waals surface area contributed by atoms with E-state index in [4.69, 9.17) is 0 Å². The Balaban J connectivity index is 1.87. The highest BCUT2D eigenvalue weighted by Crippen LogP contribution is 2.31. The molecule has 0 aliphatic heterocycles. The molecule has 0 nitrogen and oxygen atoms in total. The Kier molecular flexibility index (Phi) is 5.63. The van der Waals surface area contributed by atoms with Gasteiger partial charge in [-0.2, -0.15) is 0 Å². The fourth-order valence-corrected chi connectivity index (χ4v) is 8.41. The first-order valence-electron chi connectivity index (χ1n) is 9.23. The van der Waals surface area contributed by atoms with Crippen LogP contribution in [-0.4, -0.2) is 8.80 Å². The predicted octanol–water partition coefficient (Wildman–Crippen LogP) is 3.68. The first-order chi connectivity index (χ1) is 13.3. The summed E-state index contributed by atoms with van der Waals surface area (Å²) in [7, 11) is -1.38. The van der Waals surface area contributed by atoms with Crippen LogP contribution in [-0.2, 0) is 0 Å². The van der Waals surface area contributed by atoms with Crippen LogP contribution in [0.25, 0.3) is 0 Å². The van der Waals surface area contributed by atoms with Crippen molar-refractivity contribution in [1.29, 1.82) is 0 Å². The van der Waals surface area contributed by atoms with E-state index in [0.29, 0.717) is 0 Å². The van der Waals surface area contributed by atoms with Crippen molar-refractivity contribution in [2.75, 3.05) is 0 Å². The van der Waals surface area contributed by atoms with Gasteiger partial charge in [-0.05, 0) is 29.0 Å². The summed E-state index contributed by atoms with van der Waals surface area (Å²) in [5.41, 5.74) is 0. The molecule has 0 aliphatic carbocycles. The molecule has 0 N–H and O–H groups in total. The van der Waals surface area contributed by atoms with E-state index in [1.54, 1.807) is 0 Å². The van der Waals surface area contributed by atoms with Gasteiger partial charge in [0.1, 0.15) is 8.80 Å². The van der Waals surface area contributed by atoms with Gasteiger partial charge in [-0.25, -0.2) is 0 Å². The van der Waals surface area contributed by atoms with Gasteiger partial charge in [0.25, 0.3) is 0 Å². The van der Waals surface area contributed by atoms with Crippen LogP contribution in [0.5, 0.6) is 0 Å². The molecule has 27 heavy (non-hydrogen) atoms. The van der Waals surface area contributed by atoms with E-state index in [-0.39, 0.29) is 0 Å². The van der Waals surface area contributed by atoms with Crippen LogP contribution in [0.2, 0.25) is 6.55 Å². The standard InChI is InChI=1S/C25H22PSi/c1-27(23-17-9-4-10-18-23)25-20-12-11-19-24(25)26(21-13-5-2-6-14-21)22-15-7-3-8-16-22/h2-20H,1H3. The molecular formula is C25H22PSi. The third kappa shape index (κ3) is 3.95. The largest absolute Gasteiger partial charge is 0.119 e. The highest BCUT2D eigenvalue weighted by atomic mass is 31.1. The molecular weight excluding hydrogens is 359 g/mol. The van der Waals surface area contributed by atoms with Gasteiger partial charge in [0.2, 0.25) is 0 Å². The van der Waals surface area contributed by atoms with Crippen LogP contribution in [0.4, 0.5) is 0 Å². The molecule has 0 saturated carbocycles. The normalized spacial score (nSPS) is 11.1. The summed E-state index contributed by atoms with van der Waals surface area (Å²) < 4.78 is 0. The van der Waals surface area contributed by atoms with Crippen molar-refractivity contribution >= 4 is 43.0 Å². The van der Waals surface area contributed by atoms with Crippen LogP contribution in [0.3, 0.4) is 0 Å². The van der Waals surface area contributed by atoms with Crippen LogP contribution in [0.15, 0.2) is 115 Å². The van der Waals surface area contributed by atoms with Gasteiger partial charge in [0.05, 0.1) is 0 Å². The maximum atomic E-state index is 2.42. The van der Waals surface area contributed by atoms with Crippen molar-refractivity contribution in [3.05, 3.63) is 115 Å². The Morgan fingerprint density at radius 3 is 1.52 bits per heavy atom. The summed E-state index contributed by atoms with van der Waals surface area (Å²) in [6.07, 6.45) is 0. The number of hydrogen-bond acceptors (Lipinski definition) is 0. The molecule has 1 radical (unpaired) electrons. The second-order valence-corrected chi connectivity index (χ2v) is 11.1. The minimum Gasteiger partial charge on any atom is -0.0628 e. The molecule has 0 unspecified atom stereocenters. The number of rotatable bonds is 5. The van der Waals surface area contributed by atoms with Crippen LogP contribution < -0.4 is 26.3 Å². The SMILES string of the molecule is C[Si](c1ccccc1)c1ccccc1P(c1ccccc1)c1ccccc1. The Morgan fingerprint density at radius 1 is 0.519 bits per heavy atom. The Hall–Kier alpha value is -2.47. The number of hydrogen-bond donors (Lipinski definition) is 0. The third-order valence-electron chi connectivity index (χ3n) is 4.78. The number of benzene rings is 4. The first kappa shape index (κ1) is 17.9. The molecule has 4 aromatic carbocycles. The van der Waals surface area contributed by atoms with Gasteiger partial charge in [0, 0.05) is 0 Å². The topological polar surface area (TPSA) is 0 Å². The highest BCUT2D eigenvalue weighted by Gasteiger charge is 2.22. The molecule has 0 spiro atoms. The van der Waals surface area contributed by atoms with Crippen LogP contribution in [0.1, 0.15) is 0 Å². The van der Waals surface area contributed by atoms with E-state index >= 15 is 0 Å². The first-order valence-corrected chi connectivity index (χ1v) is 12.6. The molecule has 0 atom stereocenters. The van der Waals surface area contributed by atoms with Gasteiger partial charge in [-0.1, -0.05) is 127 Å². The molecule has 2 heteroatoms. The van der Waals surface area contributed by atoms with Crippen molar-refractivity contribution in [3.63, 3.8) is 0 Å². The maximum Gasteiger partial charge on any atom is 0.119 e. The summed E-state index contributed by atoms with van der Waals surface area (Å²) in [6.45, 7) is 2.42. The van der Waals surface area contributed by atoms with Crippen LogP contribution >= 0.6 is 7.92 Å². The second-order valence-electron chi connectivity index (χ2n) is 6.51. The molecule has 0 saturated heterocycles. The Labute approximate surface area is 164 Å². The average molecular weight is 382 g/mol. The fourth-order valence-electron chi connectivity index (χ4n) is 3.41. The zero-order valence-corrected chi connectivity index (χ0v) is 17.3. The molecule has 4 rings (SSSR count). The fraction of sp³-hybridized carbons (Fsp3) is 0.0400. The predicted molar refractivity (Wildman–Crippen MR) is 122 cm³/mol. The van der Waals surface area contributed by atoms with Gasteiger partial charge in [0.15, 0.2) is 0 Å². The van der Waals surface area contributed by atoms with E-state index < -0.39 is 16.7 Å². The summed E-state index contributed by atoms with van der Waals surface area (Å²) in [5.74, 6) is 0. The van der Waals surface area contributed by atoms with E-state index in [2.05, 4.69) is 122 Å². The Bertz CT molecular complexity index is 945. The minimum absolute atomic E-state index is 0.564. The monoisotopic (exact) mass is 381 g/mol. The minimum atomic E-state index is -0.817. The quantitative estimate of drug-likeness (QED) is 0.365. The molecule has 0 fully saturated rings. The van der Waals surface area contributed by atoms with Crippen molar-refractivity contribution in [1.82, 2.24) is 0 Å². The second kappa shape index (κ2) is 8.48. The van der Waals surface area contributed by atoms with Gasteiger partial charge >= 0.3 is 0 Å². The Morgan fingerprint density at radius 2 is 0.963 bits per heavy atom. The lowest BCUT2D eigenvalue weighted by molar-refractivity contribution is 1.73. The lowest BCUT2D eigenvalue weighted by Gasteiger charge is -2.24. The van der Waals surface area contributed by atoms with Crippen molar-refractivity contribution in [2.45, 2.75) is 6.55 Å². The average Bonchev–Trinajstić information content (AvgIpc) is 2.76. The van der Waals surface area contributed by atoms with Gasteiger partial charge < -0.3 is 0 Å². The molecule has 131 valence electrons. The zero-order valence-electron chi connectivity index (χ0n) is 15.4. The van der Waals surface area contributed by atoms with E-state index in [1.807, 2.05) is 0 Å². The van der Waals surface area contributed by atoms with Gasteiger partial charge in [-0.15, -0.1) is 0 Å². The van der Waals surface area contributed by atoms with Crippen molar-refractivity contribution in [2.24, 2.45) is 0 Å². The molecule has 0 amide bonds. The smallest absolute Gasteiger partial charge is 0.0628 e. The van der Waals surface area contributed by atoms with Gasteiger partial charge in [-0.3, -0.25) is 0 Å². The van der Waals surface area contributed by atoms with Crippen LogP contribution in [0, 0.1) is 0 Å². The lowest BCUT2D eigenvalue weighted by Crippen LogP contribution is -2.47. The third-order valence-corrected chi connectivity index (χ3v) is 9.94. The molecule has 0 bridgehead atoms. The van der Waals surface area contributed by atoms with E-state index in [0.717, 1.165) is 0 Å². The summed E-state index contributed by atoms with van der Waals surface area (Å²) in [5, 5.41) is 7.30. The van der Waals surface area contributed by atoms with Crippen molar-refractivity contribution < 1.29 is 0 Å². The molecule has 0 aliphatic rings. The lowest BCUT2D eigenvalue weighted by atomic mass is 10.3. The summed E-state index contributed by atoms with van der Waals surface area (Å²) in [6, 6.07) is 42.0. The highest BCUT2D eigenvalue weighted by molar-refractivity contribution is 7.80. The summed E-state index contributed by atoms with van der Waals surface area (Å²) >= 11 is 0. The van der Waals surface area contributed by atoms with Crippen molar-refractivity contribution in [3.8, 4) is 0 Å². The van der Waals surface area contributed by atoms with E-state index in [1.165, 1.54) is 26.3 Å². The zero-order chi connectivity index (χ0) is 18.5. The maximum absolute atomic E-state index is 2.42. The molecule has 0 heterocycles. The molecule has 4 aromatic rings.